The number of carbonyl (C=O) groups excluding carboxylic acids is 2. The highest BCUT2D eigenvalue weighted by Gasteiger charge is 2.42. The Morgan fingerprint density at radius 3 is 2.77 bits per heavy atom. The zero-order valence-electron chi connectivity index (χ0n) is 16.0. The molecule has 1 aliphatic carbocycles. The molecule has 1 saturated carbocycles. The lowest BCUT2D eigenvalue weighted by atomic mass is 9.75. The number of carbonyl (C=O) groups is 2. The normalized spacial score (nSPS) is 28.2. The van der Waals surface area contributed by atoms with E-state index in [4.69, 9.17) is 4.74 Å². The molecule has 4 heteroatoms. The Hall–Kier alpha value is -2.10. The number of nitrogens with zero attached hydrogens (tertiary/aromatic N) is 1. The molecule has 3 rings (SSSR count). The zero-order valence-corrected chi connectivity index (χ0v) is 16.0. The fraction of sp³-hybridized carbons (Fsp3) is 0.545. The van der Waals surface area contributed by atoms with Gasteiger partial charge in [-0.25, -0.2) is 9.69 Å². The number of imide groups is 1. The SMILES string of the molecule is C=CCC1C(=O)N(C(=O)O[C@@H]2C[C@H](C)CC[C@H]2C(C)C)c2ccccc21. The molecule has 1 aromatic rings. The van der Waals surface area contributed by atoms with Crippen LogP contribution in [-0.2, 0) is 9.53 Å². The molecule has 1 heterocycles. The van der Waals surface area contributed by atoms with Crippen LogP contribution >= 0.6 is 0 Å². The molecule has 4 nitrogen and oxygen atoms in total. The van der Waals surface area contributed by atoms with Crippen molar-refractivity contribution in [3.05, 3.63) is 42.5 Å². The van der Waals surface area contributed by atoms with Gasteiger partial charge in [-0.05, 0) is 48.6 Å². The largest absolute Gasteiger partial charge is 0.445 e. The number of amides is 2. The highest BCUT2D eigenvalue weighted by Crippen LogP contribution is 2.41. The van der Waals surface area contributed by atoms with Gasteiger partial charge in [0.2, 0.25) is 5.91 Å². The predicted octanol–water partition coefficient (Wildman–Crippen LogP) is 5.29. The molecule has 2 amide bonds. The quantitative estimate of drug-likeness (QED) is 0.689. The van der Waals surface area contributed by atoms with Gasteiger partial charge in [0.05, 0.1) is 11.6 Å². The van der Waals surface area contributed by atoms with Gasteiger partial charge < -0.3 is 4.74 Å². The molecule has 1 unspecified atom stereocenters. The van der Waals surface area contributed by atoms with Crippen molar-refractivity contribution in [3.8, 4) is 0 Å². The van der Waals surface area contributed by atoms with Gasteiger partial charge in [-0.1, -0.05) is 51.5 Å². The molecule has 1 aromatic carbocycles. The Kier molecular flexibility index (Phi) is 5.49. The van der Waals surface area contributed by atoms with E-state index in [2.05, 4.69) is 27.4 Å². The molecule has 0 spiro atoms. The fourth-order valence-corrected chi connectivity index (χ4v) is 4.41. The molecule has 2 aliphatic rings. The summed E-state index contributed by atoms with van der Waals surface area (Å²) in [4.78, 5) is 27.1. The van der Waals surface area contributed by atoms with Crippen LogP contribution in [0.1, 0.15) is 57.9 Å². The van der Waals surface area contributed by atoms with Crippen LogP contribution in [0.15, 0.2) is 36.9 Å². The van der Waals surface area contributed by atoms with E-state index in [1.165, 1.54) is 11.3 Å². The third-order valence-corrected chi connectivity index (χ3v) is 5.87. The van der Waals surface area contributed by atoms with Crippen LogP contribution in [0.3, 0.4) is 0 Å². The highest BCUT2D eigenvalue weighted by atomic mass is 16.6. The van der Waals surface area contributed by atoms with Gasteiger partial charge in [0.25, 0.3) is 0 Å². The smallest absolute Gasteiger partial charge is 0.421 e. The third kappa shape index (κ3) is 3.42. The summed E-state index contributed by atoms with van der Waals surface area (Å²) in [5.74, 6) is 0.795. The van der Waals surface area contributed by atoms with E-state index in [9.17, 15) is 9.59 Å². The van der Waals surface area contributed by atoms with Crippen molar-refractivity contribution in [2.45, 2.75) is 58.5 Å². The summed E-state index contributed by atoms with van der Waals surface area (Å²) in [6, 6.07) is 7.48. The summed E-state index contributed by atoms with van der Waals surface area (Å²) >= 11 is 0. The number of ether oxygens (including phenoxy) is 1. The van der Waals surface area contributed by atoms with Gasteiger partial charge in [0, 0.05) is 0 Å². The minimum atomic E-state index is -0.529. The van der Waals surface area contributed by atoms with Gasteiger partial charge in [-0.2, -0.15) is 0 Å². The summed E-state index contributed by atoms with van der Waals surface area (Å²) in [5.41, 5.74) is 1.53. The number of hydrogen-bond donors (Lipinski definition) is 0. The number of rotatable bonds is 4. The van der Waals surface area contributed by atoms with E-state index in [0.717, 1.165) is 18.4 Å². The van der Waals surface area contributed by atoms with E-state index in [0.29, 0.717) is 29.9 Å². The number of benzene rings is 1. The molecule has 4 atom stereocenters. The van der Waals surface area contributed by atoms with Gasteiger partial charge >= 0.3 is 6.09 Å². The zero-order chi connectivity index (χ0) is 18.8. The predicted molar refractivity (Wildman–Crippen MR) is 103 cm³/mol. The molecule has 1 aliphatic heterocycles. The minimum absolute atomic E-state index is 0.121. The lowest BCUT2D eigenvalue weighted by Gasteiger charge is -2.37. The molecule has 0 bridgehead atoms. The first kappa shape index (κ1) is 18.7. The molecule has 1 fully saturated rings. The van der Waals surface area contributed by atoms with Crippen LogP contribution in [-0.4, -0.2) is 18.1 Å². The first-order valence-corrected chi connectivity index (χ1v) is 9.68. The molecule has 0 saturated heterocycles. The summed E-state index contributed by atoms with van der Waals surface area (Å²) < 4.78 is 5.91. The standard InChI is InChI=1S/C22H29NO3/c1-5-8-18-17-9-6-7-10-19(17)23(21(18)24)22(25)26-20-13-15(4)11-12-16(20)14(2)3/h5-7,9-10,14-16,18,20H,1,8,11-13H2,2-4H3/t15-,16+,18?,20-/m1/s1. The number of anilines is 1. The lowest BCUT2D eigenvalue weighted by molar-refractivity contribution is -0.119. The summed E-state index contributed by atoms with van der Waals surface area (Å²) in [7, 11) is 0. The number of allylic oxidation sites excluding steroid dienone is 1. The lowest BCUT2D eigenvalue weighted by Crippen LogP contribution is -2.42. The van der Waals surface area contributed by atoms with E-state index in [1.807, 2.05) is 24.3 Å². The Morgan fingerprint density at radius 2 is 2.08 bits per heavy atom. The van der Waals surface area contributed by atoms with Crippen LogP contribution in [0.2, 0.25) is 0 Å². The molecule has 26 heavy (non-hydrogen) atoms. The Balaban J connectivity index is 1.83. The first-order valence-electron chi connectivity index (χ1n) is 9.68. The first-order chi connectivity index (χ1) is 12.4. The van der Waals surface area contributed by atoms with Crippen molar-refractivity contribution in [1.29, 1.82) is 0 Å². The van der Waals surface area contributed by atoms with Gasteiger partial charge in [0.1, 0.15) is 6.10 Å². The maximum Gasteiger partial charge on any atom is 0.421 e. The van der Waals surface area contributed by atoms with Crippen molar-refractivity contribution in [3.63, 3.8) is 0 Å². The van der Waals surface area contributed by atoms with Gasteiger partial charge in [-0.3, -0.25) is 4.79 Å². The average molecular weight is 355 g/mol. The Morgan fingerprint density at radius 1 is 1.35 bits per heavy atom. The Labute approximate surface area is 156 Å². The second kappa shape index (κ2) is 7.65. The minimum Gasteiger partial charge on any atom is -0.445 e. The summed E-state index contributed by atoms with van der Waals surface area (Å²) in [5, 5.41) is 0. The van der Waals surface area contributed by atoms with E-state index < -0.39 is 6.09 Å². The van der Waals surface area contributed by atoms with Gasteiger partial charge in [-0.15, -0.1) is 6.58 Å². The van der Waals surface area contributed by atoms with Crippen LogP contribution in [0.4, 0.5) is 10.5 Å². The van der Waals surface area contributed by atoms with Crippen molar-refractivity contribution in [1.82, 2.24) is 0 Å². The van der Waals surface area contributed by atoms with E-state index >= 15 is 0 Å². The van der Waals surface area contributed by atoms with E-state index in [-0.39, 0.29) is 17.9 Å². The monoisotopic (exact) mass is 355 g/mol. The van der Waals surface area contributed by atoms with Crippen molar-refractivity contribution < 1.29 is 14.3 Å². The number of fused-ring (bicyclic) bond motifs is 1. The second-order valence-corrected chi connectivity index (χ2v) is 8.06. The van der Waals surface area contributed by atoms with Crippen LogP contribution < -0.4 is 4.90 Å². The van der Waals surface area contributed by atoms with Crippen molar-refractivity contribution in [2.75, 3.05) is 4.90 Å². The second-order valence-electron chi connectivity index (χ2n) is 8.06. The topological polar surface area (TPSA) is 46.6 Å². The molecule has 0 radical (unpaired) electrons. The number of hydrogen-bond acceptors (Lipinski definition) is 3. The van der Waals surface area contributed by atoms with Crippen molar-refractivity contribution in [2.24, 2.45) is 17.8 Å². The molecule has 140 valence electrons. The Bertz CT molecular complexity index is 696. The maximum atomic E-state index is 13.0. The van der Waals surface area contributed by atoms with Crippen LogP contribution in [0.25, 0.3) is 0 Å². The van der Waals surface area contributed by atoms with Crippen LogP contribution in [0.5, 0.6) is 0 Å². The molecule has 0 N–H and O–H groups in total. The molecular weight excluding hydrogens is 326 g/mol. The molecular formula is C22H29NO3. The number of para-hydroxylation sites is 1. The summed E-state index contributed by atoms with van der Waals surface area (Å²) in [6.45, 7) is 10.3. The average Bonchev–Trinajstić information content (AvgIpc) is 2.87. The maximum absolute atomic E-state index is 13.0. The highest BCUT2D eigenvalue weighted by molar-refractivity contribution is 6.19. The van der Waals surface area contributed by atoms with Crippen molar-refractivity contribution >= 4 is 17.7 Å². The fourth-order valence-electron chi connectivity index (χ4n) is 4.41. The third-order valence-electron chi connectivity index (χ3n) is 5.87. The summed E-state index contributed by atoms with van der Waals surface area (Å²) in [6.07, 6.45) is 4.71. The van der Waals surface area contributed by atoms with E-state index in [1.54, 1.807) is 6.08 Å². The van der Waals surface area contributed by atoms with Gasteiger partial charge in [0.15, 0.2) is 0 Å². The van der Waals surface area contributed by atoms with Crippen LogP contribution in [0, 0.1) is 17.8 Å². The molecule has 0 aromatic heterocycles.